The fourth-order valence-corrected chi connectivity index (χ4v) is 2.49. The van der Waals surface area contributed by atoms with Gasteiger partial charge in [0.25, 0.3) is 0 Å². The Hall–Kier alpha value is -1.47. The molecule has 0 atom stereocenters. The first-order valence-electron chi connectivity index (χ1n) is 6.02. The Morgan fingerprint density at radius 2 is 2.16 bits per heavy atom. The van der Waals surface area contributed by atoms with Gasteiger partial charge in [0.2, 0.25) is 0 Å². The van der Waals surface area contributed by atoms with E-state index >= 15 is 0 Å². The zero-order valence-electron chi connectivity index (χ0n) is 10.5. The van der Waals surface area contributed by atoms with Crippen LogP contribution in [0.15, 0.2) is 42.7 Å². The number of halogens is 1. The molecule has 3 rings (SSSR count). The standard InChI is InChI=1S/C14H13IN4/c1-16-8-11-6-14(19-9-10(15)7-17-19)12-4-2-3-5-13(12)18-11/h2-7,9,16H,8H2,1H3. The van der Waals surface area contributed by atoms with Crippen LogP contribution in [0.5, 0.6) is 0 Å². The van der Waals surface area contributed by atoms with Crippen LogP contribution in [0.4, 0.5) is 0 Å². The van der Waals surface area contributed by atoms with Crippen LogP contribution in [-0.2, 0) is 6.54 Å². The Labute approximate surface area is 125 Å². The van der Waals surface area contributed by atoms with E-state index in [1.807, 2.05) is 42.3 Å². The second kappa shape index (κ2) is 5.26. The summed E-state index contributed by atoms with van der Waals surface area (Å²) in [5.74, 6) is 0. The van der Waals surface area contributed by atoms with Crippen molar-refractivity contribution in [3.8, 4) is 5.69 Å². The highest BCUT2D eigenvalue weighted by atomic mass is 127. The molecule has 19 heavy (non-hydrogen) atoms. The zero-order chi connectivity index (χ0) is 13.2. The minimum Gasteiger partial charge on any atom is -0.314 e. The van der Waals surface area contributed by atoms with Crippen LogP contribution in [0.3, 0.4) is 0 Å². The highest BCUT2D eigenvalue weighted by molar-refractivity contribution is 14.1. The maximum atomic E-state index is 4.65. The molecule has 0 bridgehead atoms. The van der Waals surface area contributed by atoms with E-state index in [1.54, 1.807) is 0 Å². The van der Waals surface area contributed by atoms with Crippen molar-refractivity contribution in [1.82, 2.24) is 20.1 Å². The second-order valence-electron chi connectivity index (χ2n) is 4.28. The van der Waals surface area contributed by atoms with Crippen molar-refractivity contribution >= 4 is 33.5 Å². The van der Waals surface area contributed by atoms with Gasteiger partial charge in [0.15, 0.2) is 0 Å². The molecule has 0 saturated heterocycles. The average molecular weight is 364 g/mol. The molecule has 0 amide bonds. The largest absolute Gasteiger partial charge is 0.314 e. The lowest BCUT2D eigenvalue weighted by Crippen LogP contribution is -2.08. The van der Waals surface area contributed by atoms with Crippen molar-refractivity contribution in [3.63, 3.8) is 0 Å². The number of aromatic nitrogens is 3. The molecular formula is C14H13IN4. The van der Waals surface area contributed by atoms with E-state index in [4.69, 9.17) is 0 Å². The number of nitrogens with one attached hydrogen (secondary N) is 1. The zero-order valence-corrected chi connectivity index (χ0v) is 12.6. The summed E-state index contributed by atoms with van der Waals surface area (Å²) in [6.45, 7) is 0.746. The van der Waals surface area contributed by atoms with Gasteiger partial charge in [-0.25, -0.2) is 4.68 Å². The SMILES string of the molecule is CNCc1cc(-n2cc(I)cn2)c2ccccc2n1. The number of nitrogens with zero attached hydrogens (tertiary/aromatic N) is 3. The Balaban J connectivity index is 2.25. The van der Waals surface area contributed by atoms with E-state index in [2.05, 4.69) is 50.1 Å². The van der Waals surface area contributed by atoms with Gasteiger partial charge in [-0.15, -0.1) is 0 Å². The molecule has 0 spiro atoms. The highest BCUT2D eigenvalue weighted by Gasteiger charge is 2.08. The quantitative estimate of drug-likeness (QED) is 0.727. The van der Waals surface area contributed by atoms with Gasteiger partial charge in [-0.1, -0.05) is 18.2 Å². The van der Waals surface area contributed by atoms with E-state index < -0.39 is 0 Å². The summed E-state index contributed by atoms with van der Waals surface area (Å²) in [7, 11) is 1.92. The van der Waals surface area contributed by atoms with E-state index in [-0.39, 0.29) is 0 Å². The summed E-state index contributed by atoms with van der Waals surface area (Å²) < 4.78 is 3.03. The minimum absolute atomic E-state index is 0.746. The third kappa shape index (κ3) is 2.48. The van der Waals surface area contributed by atoms with Gasteiger partial charge in [-0.05, 0) is 41.8 Å². The fraction of sp³-hybridized carbons (Fsp3) is 0.143. The number of para-hydroxylation sites is 1. The topological polar surface area (TPSA) is 42.7 Å². The van der Waals surface area contributed by atoms with Crippen molar-refractivity contribution in [2.45, 2.75) is 6.54 Å². The number of benzene rings is 1. The smallest absolute Gasteiger partial charge is 0.0758 e. The maximum Gasteiger partial charge on any atom is 0.0758 e. The third-order valence-corrected chi connectivity index (χ3v) is 3.46. The summed E-state index contributed by atoms with van der Waals surface area (Å²) in [6, 6.07) is 10.2. The maximum absolute atomic E-state index is 4.65. The number of fused-ring (bicyclic) bond motifs is 1. The van der Waals surface area contributed by atoms with Gasteiger partial charge in [0, 0.05) is 18.1 Å². The number of pyridine rings is 1. The third-order valence-electron chi connectivity index (χ3n) is 2.90. The Bertz CT molecular complexity index is 720. The summed E-state index contributed by atoms with van der Waals surface area (Å²) in [5, 5.41) is 8.65. The van der Waals surface area contributed by atoms with Crippen molar-refractivity contribution < 1.29 is 0 Å². The summed E-state index contributed by atoms with van der Waals surface area (Å²) in [5.41, 5.74) is 3.08. The second-order valence-corrected chi connectivity index (χ2v) is 5.53. The number of hydrogen-bond acceptors (Lipinski definition) is 3. The van der Waals surface area contributed by atoms with Gasteiger partial charge >= 0.3 is 0 Å². The van der Waals surface area contributed by atoms with Crippen molar-refractivity contribution in [1.29, 1.82) is 0 Å². The Morgan fingerprint density at radius 3 is 2.89 bits per heavy atom. The lowest BCUT2D eigenvalue weighted by atomic mass is 10.1. The highest BCUT2D eigenvalue weighted by Crippen LogP contribution is 2.22. The first-order valence-corrected chi connectivity index (χ1v) is 7.09. The molecule has 2 aromatic heterocycles. The molecular weight excluding hydrogens is 351 g/mol. The van der Waals surface area contributed by atoms with Gasteiger partial charge < -0.3 is 5.32 Å². The van der Waals surface area contributed by atoms with Crippen LogP contribution >= 0.6 is 22.6 Å². The molecule has 0 unspecified atom stereocenters. The normalized spacial score (nSPS) is 11.1. The molecule has 2 heterocycles. The molecule has 0 aliphatic heterocycles. The van der Waals surface area contributed by atoms with Gasteiger partial charge in [0.1, 0.15) is 0 Å². The molecule has 1 aromatic carbocycles. The molecule has 1 N–H and O–H groups in total. The first-order chi connectivity index (χ1) is 9.28. The Kier molecular flexibility index (Phi) is 3.48. The number of rotatable bonds is 3. The molecule has 0 aliphatic rings. The van der Waals surface area contributed by atoms with Crippen LogP contribution in [0.25, 0.3) is 16.6 Å². The van der Waals surface area contributed by atoms with Crippen LogP contribution < -0.4 is 5.32 Å². The summed E-state index contributed by atoms with van der Waals surface area (Å²) >= 11 is 2.27. The van der Waals surface area contributed by atoms with E-state index in [9.17, 15) is 0 Å². The van der Waals surface area contributed by atoms with Gasteiger partial charge in [0.05, 0.1) is 26.7 Å². The van der Waals surface area contributed by atoms with Crippen LogP contribution in [0, 0.1) is 3.57 Å². The molecule has 0 fully saturated rings. The number of hydrogen-bond donors (Lipinski definition) is 1. The van der Waals surface area contributed by atoms with Crippen LogP contribution in [0.2, 0.25) is 0 Å². The first kappa shape index (κ1) is 12.6. The minimum atomic E-state index is 0.746. The predicted octanol–water partition coefficient (Wildman–Crippen LogP) is 2.74. The molecule has 0 saturated carbocycles. The van der Waals surface area contributed by atoms with Gasteiger partial charge in [-0.2, -0.15) is 5.10 Å². The molecule has 96 valence electrons. The summed E-state index contributed by atoms with van der Waals surface area (Å²) in [6.07, 6.45) is 3.87. The van der Waals surface area contributed by atoms with E-state index in [0.717, 1.165) is 32.4 Å². The summed E-state index contributed by atoms with van der Waals surface area (Å²) in [4.78, 5) is 4.65. The van der Waals surface area contributed by atoms with Gasteiger partial charge in [-0.3, -0.25) is 4.98 Å². The molecule has 5 heteroatoms. The van der Waals surface area contributed by atoms with Crippen molar-refractivity contribution in [2.24, 2.45) is 0 Å². The fourth-order valence-electron chi connectivity index (χ4n) is 2.10. The van der Waals surface area contributed by atoms with Crippen LogP contribution in [-0.4, -0.2) is 21.8 Å². The lowest BCUT2D eigenvalue weighted by Gasteiger charge is -2.09. The monoisotopic (exact) mass is 364 g/mol. The lowest BCUT2D eigenvalue weighted by molar-refractivity contribution is 0.790. The van der Waals surface area contributed by atoms with E-state index in [0.29, 0.717) is 0 Å². The Morgan fingerprint density at radius 1 is 1.32 bits per heavy atom. The van der Waals surface area contributed by atoms with Crippen molar-refractivity contribution in [2.75, 3.05) is 7.05 Å². The molecule has 4 nitrogen and oxygen atoms in total. The van der Waals surface area contributed by atoms with Crippen LogP contribution in [0.1, 0.15) is 5.69 Å². The molecule has 3 aromatic rings. The van der Waals surface area contributed by atoms with Crippen molar-refractivity contribution in [3.05, 3.63) is 52.0 Å². The predicted molar refractivity (Wildman–Crippen MR) is 84.3 cm³/mol. The average Bonchev–Trinajstić information content (AvgIpc) is 2.85. The van der Waals surface area contributed by atoms with E-state index in [1.165, 1.54) is 0 Å². The molecule has 0 aliphatic carbocycles. The molecule has 0 radical (unpaired) electrons.